The number of rotatable bonds is 5. The molecule has 2 aromatic rings. The zero-order valence-electron chi connectivity index (χ0n) is 12.0. The van der Waals surface area contributed by atoms with E-state index in [1.54, 1.807) is 19.1 Å². The second-order valence-electron chi connectivity index (χ2n) is 5.04. The van der Waals surface area contributed by atoms with Crippen LogP contribution in [0.4, 0.5) is 4.39 Å². The van der Waals surface area contributed by atoms with Crippen LogP contribution in [0, 0.1) is 12.7 Å². The Kier molecular flexibility index (Phi) is 4.13. The van der Waals surface area contributed by atoms with E-state index in [0.717, 1.165) is 0 Å². The van der Waals surface area contributed by atoms with Gasteiger partial charge in [-0.15, -0.1) is 10.2 Å². The van der Waals surface area contributed by atoms with Crippen LogP contribution in [-0.4, -0.2) is 30.9 Å². The molecule has 20 heavy (non-hydrogen) atoms. The molecule has 1 N–H and O–H groups in total. The molecule has 0 aliphatic carbocycles. The number of benzene rings is 1. The van der Waals surface area contributed by atoms with Gasteiger partial charge >= 0.3 is 0 Å². The van der Waals surface area contributed by atoms with E-state index in [4.69, 9.17) is 0 Å². The molecule has 0 aliphatic rings. The Bertz CT molecular complexity index is 593. The molecule has 0 amide bonds. The van der Waals surface area contributed by atoms with Crippen molar-refractivity contribution in [2.24, 2.45) is 0 Å². The monoisotopic (exact) mass is 278 g/mol. The summed E-state index contributed by atoms with van der Waals surface area (Å²) in [5.74, 6) is 0.176. The molecular weight excluding hydrogens is 259 g/mol. The number of hydrogen-bond acceptors (Lipinski definition) is 4. The van der Waals surface area contributed by atoms with E-state index in [1.165, 1.54) is 10.9 Å². The highest BCUT2D eigenvalue weighted by Crippen LogP contribution is 2.19. The first-order valence-electron chi connectivity index (χ1n) is 6.74. The number of aryl methyl sites for hydroxylation is 1. The van der Waals surface area contributed by atoms with Crippen molar-refractivity contribution in [3.63, 3.8) is 0 Å². The van der Waals surface area contributed by atoms with Gasteiger partial charge in [0.2, 0.25) is 5.82 Å². The summed E-state index contributed by atoms with van der Waals surface area (Å²) in [4.78, 5) is 1.39. The lowest BCUT2D eigenvalue weighted by Gasteiger charge is -2.23. The van der Waals surface area contributed by atoms with Gasteiger partial charge in [-0.25, -0.2) is 4.39 Å². The summed E-state index contributed by atoms with van der Waals surface area (Å²) < 4.78 is 13.2. The standard InChI is InChI=1S/C14H19FN4O/c1-4-14(20,5-2)9-19-17-13(16-18-19)11-6-7-12(15)10(3)8-11/h6-8,20H,4-5,9H2,1-3H3. The number of nitrogens with zero attached hydrogens (tertiary/aromatic N) is 4. The second-order valence-corrected chi connectivity index (χ2v) is 5.04. The molecule has 0 unspecified atom stereocenters. The lowest BCUT2D eigenvalue weighted by atomic mass is 9.98. The lowest BCUT2D eigenvalue weighted by molar-refractivity contribution is 0.00764. The first-order chi connectivity index (χ1) is 9.47. The van der Waals surface area contributed by atoms with Crippen molar-refractivity contribution < 1.29 is 9.50 Å². The molecule has 0 bridgehead atoms. The highest BCUT2D eigenvalue weighted by atomic mass is 19.1. The van der Waals surface area contributed by atoms with E-state index in [-0.39, 0.29) is 5.82 Å². The molecule has 108 valence electrons. The van der Waals surface area contributed by atoms with Crippen LogP contribution in [-0.2, 0) is 6.54 Å². The summed E-state index contributed by atoms with van der Waals surface area (Å²) >= 11 is 0. The van der Waals surface area contributed by atoms with E-state index < -0.39 is 5.60 Å². The van der Waals surface area contributed by atoms with Gasteiger partial charge in [-0.1, -0.05) is 13.8 Å². The average molecular weight is 278 g/mol. The van der Waals surface area contributed by atoms with E-state index in [1.807, 2.05) is 13.8 Å². The van der Waals surface area contributed by atoms with Crippen LogP contribution in [0.25, 0.3) is 11.4 Å². The molecule has 0 saturated heterocycles. The molecule has 5 nitrogen and oxygen atoms in total. The summed E-state index contributed by atoms with van der Waals surface area (Å²) in [5, 5.41) is 22.4. The van der Waals surface area contributed by atoms with Crippen molar-refractivity contribution in [1.29, 1.82) is 0 Å². The maximum absolute atomic E-state index is 13.2. The molecule has 0 atom stereocenters. The number of aromatic nitrogens is 4. The summed E-state index contributed by atoms with van der Waals surface area (Å²) in [6.45, 7) is 5.83. The van der Waals surface area contributed by atoms with Crippen molar-refractivity contribution in [3.8, 4) is 11.4 Å². The highest BCUT2D eigenvalue weighted by Gasteiger charge is 2.24. The number of tetrazole rings is 1. The fourth-order valence-corrected chi connectivity index (χ4v) is 1.95. The molecule has 1 heterocycles. The predicted octanol–water partition coefficient (Wildman–Crippen LogP) is 2.34. The summed E-state index contributed by atoms with van der Waals surface area (Å²) in [5.41, 5.74) is 0.431. The Morgan fingerprint density at radius 2 is 2.00 bits per heavy atom. The molecular formula is C14H19FN4O. The minimum atomic E-state index is -0.823. The SMILES string of the molecule is CCC(O)(CC)Cn1nnc(-c2ccc(F)c(C)c2)n1. The number of aliphatic hydroxyl groups is 1. The van der Waals surface area contributed by atoms with Gasteiger partial charge in [0, 0.05) is 5.56 Å². The Hall–Kier alpha value is -1.82. The van der Waals surface area contributed by atoms with Crippen LogP contribution in [0.1, 0.15) is 32.3 Å². The van der Waals surface area contributed by atoms with Crippen molar-refractivity contribution in [3.05, 3.63) is 29.6 Å². The maximum atomic E-state index is 13.2. The average Bonchev–Trinajstić information content (AvgIpc) is 2.90. The van der Waals surface area contributed by atoms with Gasteiger partial charge in [0.1, 0.15) is 5.82 Å². The van der Waals surface area contributed by atoms with Crippen LogP contribution in [0.3, 0.4) is 0 Å². The van der Waals surface area contributed by atoms with Gasteiger partial charge in [-0.3, -0.25) is 0 Å². The van der Waals surface area contributed by atoms with Gasteiger partial charge in [-0.2, -0.15) is 4.80 Å². The number of hydrogen-bond donors (Lipinski definition) is 1. The van der Waals surface area contributed by atoms with E-state index in [0.29, 0.717) is 36.3 Å². The van der Waals surface area contributed by atoms with Crippen LogP contribution in [0.5, 0.6) is 0 Å². The van der Waals surface area contributed by atoms with E-state index in [9.17, 15) is 9.50 Å². The Morgan fingerprint density at radius 3 is 2.60 bits per heavy atom. The summed E-state index contributed by atoms with van der Waals surface area (Å²) in [6.07, 6.45) is 1.24. The van der Waals surface area contributed by atoms with E-state index in [2.05, 4.69) is 15.4 Å². The highest BCUT2D eigenvalue weighted by molar-refractivity contribution is 5.55. The van der Waals surface area contributed by atoms with Crippen molar-refractivity contribution in [1.82, 2.24) is 20.2 Å². The van der Waals surface area contributed by atoms with Gasteiger partial charge in [0.25, 0.3) is 0 Å². The van der Waals surface area contributed by atoms with E-state index >= 15 is 0 Å². The normalized spacial score (nSPS) is 11.8. The van der Waals surface area contributed by atoms with Crippen molar-refractivity contribution in [2.45, 2.75) is 45.8 Å². The summed E-state index contributed by atoms with van der Waals surface area (Å²) in [6, 6.07) is 4.69. The molecule has 1 aromatic heterocycles. The van der Waals surface area contributed by atoms with Crippen LogP contribution < -0.4 is 0 Å². The Morgan fingerprint density at radius 1 is 1.30 bits per heavy atom. The first-order valence-corrected chi connectivity index (χ1v) is 6.74. The predicted molar refractivity (Wildman–Crippen MR) is 73.5 cm³/mol. The fourth-order valence-electron chi connectivity index (χ4n) is 1.95. The zero-order valence-corrected chi connectivity index (χ0v) is 12.0. The van der Waals surface area contributed by atoms with Crippen molar-refractivity contribution in [2.75, 3.05) is 0 Å². The smallest absolute Gasteiger partial charge is 0.204 e. The van der Waals surface area contributed by atoms with Crippen molar-refractivity contribution >= 4 is 0 Å². The molecule has 0 aliphatic heterocycles. The van der Waals surface area contributed by atoms with Gasteiger partial charge in [0.05, 0.1) is 12.1 Å². The van der Waals surface area contributed by atoms with Crippen LogP contribution in [0.15, 0.2) is 18.2 Å². The minimum Gasteiger partial charge on any atom is -0.388 e. The molecule has 1 aromatic carbocycles. The van der Waals surface area contributed by atoms with Crippen LogP contribution in [0.2, 0.25) is 0 Å². The topological polar surface area (TPSA) is 63.8 Å². The molecule has 6 heteroatoms. The van der Waals surface area contributed by atoms with Gasteiger partial charge in [0.15, 0.2) is 0 Å². The molecule has 0 saturated carbocycles. The number of halogens is 1. The third kappa shape index (κ3) is 3.01. The Labute approximate surface area is 117 Å². The minimum absolute atomic E-state index is 0.257. The molecule has 0 spiro atoms. The largest absolute Gasteiger partial charge is 0.388 e. The second kappa shape index (κ2) is 5.66. The molecule has 0 fully saturated rings. The first kappa shape index (κ1) is 14.6. The fraction of sp³-hybridized carbons (Fsp3) is 0.500. The maximum Gasteiger partial charge on any atom is 0.204 e. The quantitative estimate of drug-likeness (QED) is 0.911. The van der Waals surface area contributed by atoms with Crippen LogP contribution >= 0.6 is 0 Å². The Balaban J connectivity index is 2.22. The van der Waals surface area contributed by atoms with Gasteiger partial charge < -0.3 is 5.11 Å². The third-order valence-electron chi connectivity index (χ3n) is 3.62. The third-order valence-corrected chi connectivity index (χ3v) is 3.62. The lowest BCUT2D eigenvalue weighted by Crippen LogP contribution is -2.33. The molecule has 2 rings (SSSR count). The zero-order chi connectivity index (χ0) is 14.8. The van der Waals surface area contributed by atoms with Gasteiger partial charge in [-0.05, 0) is 48.7 Å². The molecule has 0 radical (unpaired) electrons. The summed E-state index contributed by atoms with van der Waals surface area (Å²) in [7, 11) is 0.